The lowest BCUT2D eigenvalue weighted by Gasteiger charge is -2.04. The largest absolute Gasteiger partial charge is 0.428 e. The van der Waals surface area contributed by atoms with E-state index in [2.05, 4.69) is 20.9 Å². The van der Waals surface area contributed by atoms with E-state index in [-0.39, 0.29) is 16.6 Å². The van der Waals surface area contributed by atoms with E-state index in [9.17, 15) is 14.5 Å². The van der Waals surface area contributed by atoms with Crippen molar-refractivity contribution >= 4 is 33.0 Å². The SMILES string of the molecule is Cc1cc(Oc2nc(Br)cs2)c(F)cc1[N+](=O)[O-]. The van der Waals surface area contributed by atoms with Crippen molar-refractivity contribution in [1.82, 2.24) is 4.98 Å². The van der Waals surface area contributed by atoms with Crippen LogP contribution in [0.4, 0.5) is 10.1 Å². The van der Waals surface area contributed by atoms with Gasteiger partial charge in [-0.3, -0.25) is 10.1 Å². The minimum Gasteiger partial charge on any atom is -0.428 e. The predicted molar refractivity (Wildman–Crippen MR) is 67.7 cm³/mol. The maximum atomic E-state index is 13.6. The fraction of sp³-hybridized carbons (Fsp3) is 0.100. The quantitative estimate of drug-likeness (QED) is 0.628. The van der Waals surface area contributed by atoms with Crippen molar-refractivity contribution in [3.63, 3.8) is 0 Å². The summed E-state index contributed by atoms with van der Waals surface area (Å²) in [6.07, 6.45) is 0. The van der Waals surface area contributed by atoms with Crippen molar-refractivity contribution in [2.75, 3.05) is 0 Å². The summed E-state index contributed by atoms with van der Waals surface area (Å²) in [5, 5.41) is 12.6. The lowest BCUT2D eigenvalue weighted by atomic mass is 10.2. The maximum Gasteiger partial charge on any atom is 0.279 e. The van der Waals surface area contributed by atoms with E-state index < -0.39 is 10.7 Å². The van der Waals surface area contributed by atoms with Crippen LogP contribution in [-0.4, -0.2) is 9.91 Å². The van der Waals surface area contributed by atoms with E-state index >= 15 is 0 Å². The second-order valence-electron chi connectivity index (χ2n) is 3.36. The van der Waals surface area contributed by atoms with Gasteiger partial charge in [-0.15, -0.1) is 0 Å². The van der Waals surface area contributed by atoms with Gasteiger partial charge in [0, 0.05) is 10.9 Å². The molecule has 0 fully saturated rings. The lowest BCUT2D eigenvalue weighted by Crippen LogP contribution is -1.95. The molecule has 0 saturated carbocycles. The molecule has 5 nitrogen and oxygen atoms in total. The number of hydrogen-bond acceptors (Lipinski definition) is 5. The smallest absolute Gasteiger partial charge is 0.279 e. The van der Waals surface area contributed by atoms with Crippen LogP contribution in [0.15, 0.2) is 22.1 Å². The van der Waals surface area contributed by atoms with Crippen LogP contribution >= 0.6 is 27.3 Å². The van der Waals surface area contributed by atoms with Crippen molar-refractivity contribution in [3.8, 4) is 10.9 Å². The Labute approximate surface area is 114 Å². The van der Waals surface area contributed by atoms with Gasteiger partial charge >= 0.3 is 0 Å². The van der Waals surface area contributed by atoms with Crippen LogP contribution in [0.3, 0.4) is 0 Å². The molecule has 94 valence electrons. The molecule has 0 N–H and O–H groups in total. The molecule has 0 amide bonds. The Bertz CT molecular complexity index is 617. The Hall–Kier alpha value is -1.54. The Morgan fingerprint density at radius 2 is 2.28 bits per heavy atom. The number of thiazole rings is 1. The first kappa shape index (κ1) is 12.9. The minimum absolute atomic E-state index is 0.0834. The summed E-state index contributed by atoms with van der Waals surface area (Å²) in [7, 11) is 0. The Morgan fingerprint density at radius 1 is 1.56 bits per heavy atom. The minimum atomic E-state index is -0.793. The third-order valence-electron chi connectivity index (χ3n) is 2.10. The molecule has 0 saturated heterocycles. The average molecular weight is 333 g/mol. The monoisotopic (exact) mass is 332 g/mol. The standard InChI is InChI=1S/C10H6BrFN2O3S/c1-5-2-8(6(12)3-7(5)14(15)16)17-10-13-9(11)4-18-10/h2-4H,1H3. The summed E-state index contributed by atoms with van der Waals surface area (Å²) in [4.78, 5) is 13.9. The van der Waals surface area contributed by atoms with Crippen molar-refractivity contribution in [3.05, 3.63) is 43.6 Å². The first-order valence-corrected chi connectivity index (χ1v) is 6.38. The highest BCUT2D eigenvalue weighted by molar-refractivity contribution is 9.10. The zero-order valence-electron chi connectivity index (χ0n) is 9.02. The van der Waals surface area contributed by atoms with Gasteiger partial charge in [0.25, 0.3) is 10.9 Å². The van der Waals surface area contributed by atoms with E-state index in [1.165, 1.54) is 24.3 Å². The molecular formula is C10H6BrFN2O3S. The molecule has 1 aromatic carbocycles. The summed E-state index contributed by atoms with van der Waals surface area (Å²) in [5.74, 6) is -0.876. The number of hydrogen-bond donors (Lipinski definition) is 0. The predicted octanol–water partition coefficient (Wildman–Crippen LogP) is 4.05. The number of rotatable bonds is 3. The van der Waals surface area contributed by atoms with Crippen molar-refractivity contribution in [1.29, 1.82) is 0 Å². The fourth-order valence-corrected chi connectivity index (χ4v) is 2.40. The highest BCUT2D eigenvalue weighted by Crippen LogP contribution is 2.32. The summed E-state index contributed by atoms with van der Waals surface area (Å²) < 4.78 is 19.4. The molecule has 2 aromatic rings. The molecule has 0 bridgehead atoms. The third kappa shape index (κ3) is 2.65. The molecule has 0 spiro atoms. The molecular weight excluding hydrogens is 327 g/mol. The van der Waals surface area contributed by atoms with E-state index in [1.807, 2.05) is 0 Å². The van der Waals surface area contributed by atoms with Crippen LogP contribution in [-0.2, 0) is 0 Å². The highest BCUT2D eigenvalue weighted by Gasteiger charge is 2.17. The van der Waals surface area contributed by atoms with Crippen LogP contribution in [0, 0.1) is 22.9 Å². The van der Waals surface area contributed by atoms with Gasteiger partial charge in [0.2, 0.25) is 0 Å². The van der Waals surface area contributed by atoms with Gasteiger partial charge in [-0.1, -0.05) is 11.3 Å². The molecule has 0 aliphatic heterocycles. The topological polar surface area (TPSA) is 65.3 Å². The molecule has 0 atom stereocenters. The van der Waals surface area contributed by atoms with Gasteiger partial charge in [0.05, 0.1) is 11.0 Å². The van der Waals surface area contributed by atoms with Gasteiger partial charge in [0.1, 0.15) is 4.60 Å². The molecule has 18 heavy (non-hydrogen) atoms. The summed E-state index contributed by atoms with van der Waals surface area (Å²) in [6.45, 7) is 1.52. The summed E-state index contributed by atoms with van der Waals surface area (Å²) in [5.41, 5.74) is 0.0483. The number of nitro groups is 1. The van der Waals surface area contributed by atoms with Crippen LogP contribution in [0.2, 0.25) is 0 Å². The zero-order valence-corrected chi connectivity index (χ0v) is 11.4. The fourth-order valence-electron chi connectivity index (χ4n) is 1.30. The second-order valence-corrected chi connectivity index (χ2v) is 5.00. The van der Waals surface area contributed by atoms with E-state index in [0.29, 0.717) is 10.2 Å². The summed E-state index contributed by atoms with van der Waals surface area (Å²) >= 11 is 4.33. The molecule has 1 heterocycles. The number of nitrogens with zero attached hydrogens (tertiary/aromatic N) is 2. The number of ether oxygens (including phenoxy) is 1. The second kappa shape index (κ2) is 4.99. The number of nitro benzene ring substituents is 1. The van der Waals surface area contributed by atoms with Crippen LogP contribution in [0.25, 0.3) is 0 Å². The average Bonchev–Trinajstić information content (AvgIpc) is 2.68. The van der Waals surface area contributed by atoms with Crippen LogP contribution in [0.1, 0.15) is 5.56 Å². The molecule has 2 rings (SSSR count). The maximum absolute atomic E-state index is 13.6. The van der Waals surface area contributed by atoms with Crippen LogP contribution in [0.5, 0.6) is 10.9 Å². The van der Waals surface area contributed by atoms with Crippen molar-refractivity contribution in [2.24, 2.45) is 0 Å². The third-order valence-corrected chi connectivity index (χ3v) is 3.53. The van der Waals surface area contributed by atoms with E-state index in [4.69, 9.17) is 4.74 Å². The van der Waals surface area contributed by atoms with Gasteiger partial charge in [-0.2, -0.15) is 4.98 Å². The van der Waals surface area contributed by atoms with Gasteiger partial charge < -0.3 is 4.74 Å². The first-order valence-electron chi connectivity index (χ1n) is 4.71. The van der Waals surface area contributed by atoms with Gasteiger partial charge in [0.15, 0.2) is 11.6 Å². The number of aryl methyl sites for hydroxylation is 1. The molecule has 1 aromatic heterocycles. The normalized spacial score (nSPS) is 10.4. The van der Waals surface area contributed by atoms with Crippen molar-refractivity contribution < 1.29 is 14.1 Å². The zero-order chi connectivity index (χ0) is 13.3. The van der Waals surface area contributed by atoms with Gasteiger partial charge in [-0.25, -0.2) is 4.39 Å². The lowest BCUT2D eigenvalue weighted by molar-refractivity contribution is -0.385. The molecule has 0 radical (unpaired) electrons. The first-order chi connectivity index (χ1) is 8.47. The van der Waals surface area contributed by atoms with Gasteiger partial charge in [-0.05, 0) is 28.9 Å². The van der Waals surface area contributed by atoms with Crippen molar-refractivity contribution in [2.45, 2.75) is 6.92 Å². The highest BCUT2D eigenvalue weighted by atomic mass is 79.9. The Balaban J connectivity index is 2.35. The molecule has 0 aliphatic carbocycles. The molecule has 0 unspecified atom stereocenters. The number of benzene rings is 1. The molecule has 8 heteroatoms. The molecule has 0 aliphatic rings. The summed E-state index contributed by atoms with van der Waals surface area (Å²) in [6, 6.07) is 2.12. The Kier molecular flexibility index (Phi) is 3.58. The Morgan fingerprint density at radius 3 is 2.83 bits per heavy atom. The van der Waals surface area contributed by atoms with Crippen LogP contribution < -0.4 is 4.74 Å². The number of halogens is 2. The van der Waals surface area contributed by atoms with E-state index in [0.717, 1.165) is 6.07 Å². The number of aromatic nitrogens is 1. The van der Waals surface area contributed by atoms with E-state index in [1.54, 1.807) is 5.38 Å².